The van der Waals surface area contributed by atoms with Gasteiger partial charge in [-0.2, -0.15) is 0 Å². The molecule has 2 N–H and O–H groups in total. The quantitative estimate of drug-likeness (QED) is 0.692. The molecule has 0 saturated carbocycles. The minimum atomic E-state index is -3.44. The maximum Gasteiger partial charge on any atom is 0.240 e. The average Bonchev–Trinajstić information content (AvgIpc) is 2.38. The van der Waals surface area contributed by atoms with Gasteiger partial charge in [0.1, 0.15) is 5.75 Å². The van der Waals surface area contributed by atoms with Gasteiger partial charge in [-0.25, -0.2) is 13.1 Å². The van der Waals surface area contributed by atoms with Crippen molar-refractivity contribution in [3.63, 3.8) is 0 Å². The van der Waals surface area contributed by atoms with E-state index in [2.05, 4.69) is 10.0 Å². The lowest BCUT2D eigenvalue weighted by atomic mass is 10.3. The van der Waals surface area contributed by atoms with Gasteiger partial charge in [0.25, 0.3) is 0 Å². The Morgan fingerprint density at radius 1 is 1.28 bits per heavy atom. The summed E-state index contributed by atoms with van der Waals surface area (Å²) in [4.78, 5) is 0.227. The molecule has 0 heterocycles. The molecule has 1 rings (SSSR count). The van der Waals surface area contributed by atoms with Gasteiger partial charge in [0, 0.05) is 12.6 Å². The molecule has 1 aromatic rings. The van der Waals surface area contributed by atoms with Crippen LogP contribution in [0.4, 0.5) is 0 Å². The van der Waals surface area contributed by atoms with Crippen molar-refractivity contribution in [2.75, 3.05) is 26.7 Å². The van der Waals surface area contributed by atoms with E-state index in [0.29, 0.717) is 12.3 Å². The highest BCUT2D eigenvalue weighted by molar-refractivity contribution is 7.89. The number of rotatable bonds is 8. The molecule has 0 amide bonds. The van der Waals surface area contributed by atoms with E-state index < -0.39 is 10.0 Å². The van der Waals surface area contributed by atoms with Gasteiger partial charge in [-0.15, -0.1) is 0 Å². The highest BCUT2D eigenvalue weighted by Gasteiger charge is 2.13. The highest BCUT2D eigenvalue weighted by atomic mass is 32.2. The van der Waals surface area contributed by atoms with Gasteiger partial charge in [0.05, 0.1) is 12.0 Å². The Balaban J connectivity index is 2.57. The van der Waals surface area contributed by atoms with Crippen molar-refractivity contribution in [1.29, 1.82) is 0 Å². The van der Waals surface area contributed by atoms with E-state index in [4.69, 9.17) is 4.74 Å². The fraction of sp³-hybridized carbons (Fsp3) is 0.500. The van der Waals surface area contributed by atoms with E-state index in [1.165, 1.54) is 13.2 Å². The van der Waals surface area contributed by atoms with E-state index in [1.54, 1.807) is 18.2 Å². The molecule has 6 heteroatoms. The lowest BCUT2D eigenvalue weighted by Crippen LogP contribution is -2.27. The smallest absolute Gasteiger partial charge is 0.240 e. The first-order valence-corrected chi connectivity index (χ1v) is 7.43. The summed E-state index contributed by atoms with van der Waals surface area (Å²) in [6, 6.07) is 6.43. The molecule has 18 heavy (non-hydrogen) atoms. The summed E-state index contributed by atoms with van der Waals surface area (Å²) in [6.45, 7) is 4.13. The molecule has 0 spiro atoms. The van der Waals surface area contributed by atoms with Crippen molar-refractivity contribution >= 4 is 10.0 Å². The zero-order valence-corrected chi connectivity index (χ0v) is 11.6. The molecule has 0 aliphatic heterocycles. The predicted octanol–water partition coefficient (Wildman–Crippen LogP) is 0.973. The first kappa shape index (κ1) is 14.9. The van der Waals surface area contributed by atoms with Crippen LogP contribution in [0.25, 0.3) is 0 Å². The molecule has 0 unspecified atom stereocenters. The first-order chi connectivity index (χ1) is 8.60. The molecule has 5 nitrogen and oxygen atoms in total. The Kier molecular flexibility index (Phi) is 6.11. The summed E-state index contributed by atoms with van der Waals surface area (Å²) < 4.78 is 31.5. The number of benzene rings is 1. The van der Waals surface area contributed by atoms with Crippen LogP contribution >= 0.6 is 0 Å². The monoisotopic (exact) mass is 272 g/mol. The molecule has 0 bridgehead atoms. The van der Waals surface area contributed by atoms with Crippen LogP contribution in [0.1, 0.15) is 13.3 Å². The second kappa shape index (κ2) is 7.35. The summed E-state index contributed by atoms with van der Waals surface area (Å²) in [7, 11) is -1.93. The fourth-order valence-electron chi connectivity index (χ4n) is 1.45. The normalized spacial score (nSPS) is 11.4. The van der Waals surface area contributed by atoms with Crippen molar-refractivity contribution in [2.24, 2.45) is 0 Å². The minimum absolute atomic E-state index is 0.227. The molecule has 0 saturated heterocycles. The van der Waals surface area contributed by atoms with Crippen LogP contribution < -0.4 is 14.8 Å². The van der Waals surface area contributed by atoms with Crippen LogP contribution in [0.2, 0.25) is 0 Å². The van der Waals surface area contributed by atoms with E-state index >= 15 is 0 Å². The van der Waals surface area contributed by atoms with E-state index in [0.717, 1.165) is 19.5 Å². The van der Waals surface area contributed by atoms with E-state index in [1.807, 2.05) is 6.92 Å². The molecule has 102 valence electrons. The third kappa shape index (κ3) is 4.64. The number of methoxy groups -OCH3 is 1. The second-order valence-corrected chi connectivity index (χ2v) is 5.55. The van der Waals surface area contributed by atoms with Gasteiger partial charge in [0.15, 0.2) is 0 Å². The average molecular weight is 272 g/mol. The molecule has 0 aliphatic carbocycles. The Labute approximate surface area is 109 Å². The third-order valence-electron chi connectivity index (χ3n) is 2.42. The van der Waals surface area contributed by atoms with Gasteiger partial charge >= 0.3 is 0 Å². The van der Waals surface area contributed by atoms with Gasteiger partial charge in [-0.05, 0) is 31.6 Å². The molecular weight excluding hydrogens is 252 g/mol. The standard InChI is InChI=1S/C12H20N2O3S/c1-3-13-8-5-9-14-18(15,16)12-7-4-6-11(10-12)17-2/h4,6-7,10,13-14H,3,5,8-9H2,1-2H3. The number of nitrogens with one attached hydrogen (secondary N) is 2. The largest absolute Gasteiger partial charge is 0.497 e. The van der Waals surface area contributed by atoms with Crippen LogP contribution in [0.15, 0.2) is 29.2 Å². The second-order valence-electron chi connectivity index (χ2n) is 3.78. The summed E-state index contributed by atoms with van der Waals surface area (Å²) in [5.74, 6) is 0.533. The van der Waals surface area contributed by atoms with E-state index in [-0.39, 0.29) is 4.90 Å². The van der Waals surface area contributed by atoms with Crippen molar-refractivity contribution in [3.05, 3.63) is 24.3 Å². The summed E-state index contributed by atoms with van der Waals surface area (Å²) in [5, 5.41) is 3.14. The first-order valence-electron chi connectivity index (χ1n) is 5.94. The van der Waals surface area contributed by atoms with Crippen LogP contribution in [-0.2, 0) is 10.0 Å². The Morgan fingerprint density at radius 2 is 2.06 bits per heavy atom. The Hall–Kier alpha value is -1.11. The Morgan fingerprint density at radius 3 is 2.72 bits per heavy atom. The maximum atomic E-state index is 11.9. The summed E-state index contributed by atoms with van der Waals surface area (Å²) in [5.41, 5.74) is 0. The van der Waals surface area contributed by atoms with Crippen molar-refractivity contribution in [2.45, 2.75) is 18.2 Å². The van der Waals surface area contributed by atoms with Crippen molar-refractivity contribution in [3.8, 4) is 5.75 Å². The van der Waals surface area contributed by atoms with Crippen molar-refractivity contribution in [1.82, 2.24) is 10.0 Å². The van der Waals surface area contributed by atoms with Crippen molar-refractivity contribution < 1.29 is 13.2 Å². The van der Waals surface area contributed by atoms with E-state index in [9.17, 15) is 8.42 Å². The lowest BCUT2D eigenvalue weighted by molar-refractivity contribution is 0.413. The SMILES string of the molecule is CCNCCCNS(=O)(=O)c1cccc(OC)c1. The molecule has 0 aromatic heterocycles. The van der Waals surface area contributed by atoms with Gasteiger partial charge in [0.2, 0.25) is 10.0 Å². The predicted molar refractivity (Wildman–Crippen MR) is 71.3 cm³/mol. The lowest BCUT2D eigenvalue weighted by Gasteiger charge is -2.08. The molecule has 1 aromatic carbocycles. The zero-order valence-electron chi connectivity index (χ0n) is 10.8. The fourth-order valence-corrected chi connectivity index (χ4v) is 2.56. The highest BCUT2D eigenvalue weighted by Crippen LogP contribution is 2.16. The molecule has 0 radical (unpaired) electrons. The maximum absolute atomic E-state index is 11.9. The van der Waals surface area contributed by atoms with Gasteiger partial charge < -0.3 is 10.1 Å². The van der Waals surface area contributed by atoms with Gasteiger partial charge in [-0.3, -0.25) is 0 Å². The van der Waals surface area contributed by atoms with Crippen LogP contribution in [0.3, 0.4) is 0 Å². The molecule has 0 atom stereocenters. The van der Waals surface area contributed by atoms with Crippen LogP contribution in [0.5, 0.6) is 5.75 Å². The number of hydrogen-bond acceptors (Lipinski definition) is 4. The van der Waals surface area contributed by atoms with Crippen LogP contribution in [0, 0.1) is 0 Å². The van der Waals surface area contributed by atoms with Crippen LogP contribution in [-0.4, -0.2) is 35.2 Å². The van der Waals surface area contributed by atoms with Gasteiger partial charge in [-0.1, -0.05) is 13.0 Å². The molecule has 0 aliphatic rings. The number of hydrogen-bond donors (Lipinski definition) is 2. The Bertz CT molecular complexity index is 460. The molecule has 0 fully saturated rings. The number of ether oxygens (including phenoxy) is 1. The zero-order chi connectivity index (χ0) is 13.4. The number of sulfonamides is 1. The summed E-state index contributed by atoms with van der Waals surface area (Å²) in [6.07, 6.45) is 0.761. The molecular formula is C12H20N2O3S. The minimum Gasteiger partial charge on any atom is -0.497 e. The third-order valence-corrected chi connectivity index (χ3v) is 3.88. The summed E-state index contributed by atoms with van der Waals surface area (Å²) >= 11 is 0. The topological polar surface area (TPSA) is 67.4 Å².